The SMILES string of the molecule is CC(C)(C)c1ccc(N(c2cccc(N(c3ccc(-c4cc(C(C)(C)C)cc(C(C)(C)C)c4)cc3)c3ccc(C(C)(C)C)cc3-c3ccc4oc5ccccc5c4c3)c2Cl)c2csc3ccc(C(C)(C)C)cc23)cc1. The maximum atomic E-state index is 8.21. The standard InChI is InChI=1S/C70H73ClN2OS/c1-66(2,3)47-26-32-53(33-27-47)73(61-43-75-64-36-29-49(42-57(61)64)68(7,8)9)60-21-18-20-59(65(60)71)72(52-30-23-44(24-31-52)46-37-50(69(10,11)12)40-51(38-46)70(13,14)15)58-34-28-48(67(4,5)6)41-55(58)45-25-35-63-56(39-45)54-19-16-17-22-62(54)74-63/h16-43H,1-15H3. The average Bonchev–Trinajstić information content (AvgIpc) is 3.96. The van der Waals surface area contributed by atoms with E-state index in [1.165, 1.54) is 49.0 Å². The third kappa shape index (κ3) is 10.2. The first-order valence-electron chi connectivity index (χ1n) is 26.6. The molecule has 0 atom stereocenters. The van der Waals surface area contributed by atoms with Gasteiger partial charge in [-0.1, -0.05) is 200 Å². The minimum atomic E-state index is -0.115. The van der Waals surface area contributed by atoms with Gasteiger partial charge in [0.25, 0.3) is 0 Å². The molecule has 0 spiro atoms. The van der Waals surface area contributed by atoms with Crippen molar-refractivity contribution in [3.63, 3.8) is 0 Å². The molecule has 382 valence electrons. The Kier molecular flexibility index (Phi) is 13.1. The molecular weight excluding hydrogens is 952 g/mol. The third-order valence-electron chi connectivity index (χ3n) is 15.0. The van der Waals surface area contributed by atoms with Crippen molar-refractivity contribution in [2.75, 3.05) is 9.80 Å². The summed E-state index contributed by atoms with van der Waals surface area (Å²) in [4.78, 5) is 4.76. The number of benzene rings is 8. The zero-order valence-corrected chi connectivity index (χ0v) is 48.3. The lowest BCUT2D eigenvalue weighted by molar-refractivity contribution is 0.569. The van der Waals surface area contributed by atoms with Crippen LogP contribution < -0.4 is 9.80 Å². The molecule has 0 N–H and O–H groups in total. The van der Waals surface area contributed by atoms with Gasteiger partial charge < -0.3 is 14.2 Å². The number of thiophene rings is 1. The molecule has 0 unspecified atom stereocenters. The Labute approximate surface area is 455 Å². The first-order chi connectivity index (χ1) is 35.2. The summed E-state index contributed by atoms with van der Waals surface area (Å²) in [5.41, 5.74) is 18.5. The molecule has 2 heterocycles. The molecule has 0 aliphatic heterocycles. The average molecular weight is 1030 g/mol. The van der Waals surface area contributed by atoms with Gasteiger partial charge in [0.1, 0.15) is 11.2 Å². The molecule has 0 saturated carbocycles. The number of hydrogen-bond acceptors (Lipinski definition) is 4. The Morgan fingerprint density at radius 1 is 0.360 bits per heavy atom. The number of nitrogens with zero attached hydrogens (tertiary/aromatic N) is 2. The van der Waals surface area contributed by atoms with Gasteiger partial charge in [-0.2, -0.15) is 0 Å². The van der Waals surface area contributed by atoms with Crippen LogP contribution in [-0.4, -0.2) is 0 Å². The minimum absolute atomic E-state index is 0.00653. The molecule has 10 rings (SSSR count). The van der Waals surface area contributed by atoms with Gasteiger partial charge in [-0.3, -0.25) is 0 Å². The number of anilines is 6. The molecule has 0 aliphatic rings. The van der Waals surface area contributed by atoms with Gasteiger partial charge >= 0.3 is 0 Å². The minimum Gasteiger partial charge on any atom is -0.456 e. The van der Waals surface area contributed by atoms with Crippen molar-refractivity contribution in [2.45, 2.75) is 131 Å². The summed E-state index contributed by atoms with van der Waals surface area (Å²) in [6, 6.07) is 60.8. The van der Waals surface area contributed by atoms with E-state index in [2.05, 4.69) is 277 Å². The molecule has 8 aromatic carbocycles. The predicted octanol–water partition coefficient (Wildman–Crippen LogP) is 22.2. The molecule has 0 bridgehead atoms. The van der Waals surface area contributed by atoms with Crippen molar-refractivity contribution in [2.24, 2.45) is 0 Å². The summed E-state index contributed by atoms with van der Waals surface area (Å²) in [6.45, 7) is 34.4. The van der Waals surface area contributed by atoms with Crippen molar-refractivity contribution >= 4 is 89.1 Å². The Bertz CT molecular complexity index is 3710. The Hall–Kier alpha value is -6.59. The van der Waals surface area contributed by atoms with Crippen LogP contribution in [0.3, 0.4) is 0 Å². The Morgan fingerprint density at radius 2 is 0.867 bits per heavy atom. The largest absolute Gasteiger partial charge is 0.456 e. The fourth-order valence-electron chi connectivity index (χ4n) is 10.2. The highest BCUT2D eigenvalue weighted by Gasteiger charge is 2.29. The fraction of sp³-hybridized carbons (Fsp3) is 0.286. The highest BCUT2D eigenvalue weighted by Crippen LogP contribution is 2.52. The quantitative estimate of drug-likeness (QED) is 0.151. The van der Waals surface area contributed by atoms with E-state index >= 15 is 0 Å². The van der Waals surface area contributed by atoms with E-state index in [0.29, 0.717) is 5.02 Å². The first-order valence-corrected chi connectivity index (χ1v) is 27.8. The van der Waals surface area contributed by atoms with Crippen LogP contribution in [0.5, 0.6) is 0 Å². The second kappa shape index (κ2) is 18.9. The summed E-state index contributed by atoms with van der Waals surface area (Å²) in [6.07, 6.45) is 0. The smallest absolute Gasteiger partial charge is 0.135 e. The monoisotopic (exact) mass is 1020 g/mol. The number of hydrogen-bond donors (Lipinski definition) is 0. The normalized spacial score (nSPS) is 12.8. The van der Waals surface area contributed by atoms with Crippen molar-refractivity contribution in [3.8, 4) is 22.3 Å². The van der Waals surface area contributed by atoms with Crippen molar-refractivity contribution in [1.29, 1.82) is 0 Å². The lowest BCUT2D eigenvalue weighted by Gasteiger charge is -2.33. The van der Waals surface area contributed by atoms with E-state index in [0.717, 1.165) is 67.2 Å². The second-order valence-corrected chi connectivity index (χ2v) is 27.1. The lowest BCUT2D eigenvalue weighted by atomic mass is 9.79. The molecule has 0 radical (unpaired) electrons. The Morgan fingerprint density at radius 3 is 1.47 bits per heavy atom. The Balaban J connectivity index is 1.23. The number of para-hydroxylation sites is 1. The topological polar surface area (TPSA) is 19.6 Å². The molecule has 75 heavy (non-hydrogen) atoms. The van der Waals surface area contributed by atoms with Crippen LogP contribution in [0.2, 0.25) is 5.02 Å². The van der Waals surface area contributed by atoms with E-state index in [4.69, 9.17) is 16.0 Å². The number of furan rings is 1. The molecule has 0 amide bonds. The van der Waals surface area contributed by atoms with Crippen LogP contribution in [0.15, 0.2) is 174 Å². The van der Waals surface area contributed by atoms with Gasteiger partial charge in [-0.25, -0.2) is 0 Å². The van der Waals surface area contributed by atoms with Gasteiger partial charge in [-0.15, -0.1) is 11.3 Å². The number of fused-ring (bicyclic) bond motifs is 4. The van der Waals surface area contributed by atoms with Crippen LogP contribution >= 0.6 is 22.9 Å². The van der Waals surface area contributed by atoms with E-state index in [1.54, 1.807) is 11.3 Å². The molecule has 5 heteroatoms. The molecule has 2 aromatic heterocycles. The second-order valence-electron chi connectivity index (χ2n) is 25.8. The van der Waals surface area contributed by atoms with E-state index in [-0.39, 0.29) is 27.1 Å². The molecular formula is C70H73ClN2OS. The van der Waals surface area contributed by atoms with Crippen LogP contribution in [-0.2, 0) is 27.1 Å². The van der Waals surface area contributed by atoms with Gasteiger partial charge in [0.15, 0.2) is 0 Å². The highest BCUT2D eigenvalue weighted by molar-refractivity contribution is 7.17. The fourth-order valence-corrected chi connectivity index (χ4v) is 11.4. The molecule has 3 nitrogen and oxygen atoms in total. The van der Waals surface area contributed by atoms with Crippen molar-refractivity contribution < 1.29 is 4.42 Å². The predicted molar refractivity (Wildman–Crippen MR) is 328 cm³/mol. The van der Waals surface area contributed by atoms with Gasteiger partial charge in [-0.05, 0) is 150 Å². The summed E-state index contributed by atoms with van der Waals surface area (Å²) in [5, 5.41) is 6.33. The lowest BCUT2D eigenvalue weighted by Crippen LogP contribution is -2.17. The molecule has 0 saturated heterocycles. The summed E-state index contributed by atoms with van der Waals surface area (Å²) in [5.74, 6) is 0. The van der Waals surface area contributed by atoms with Crippen molar-refractivity contribution in [1.82, 2.24) is 0 Å². The summed E-state index contributed by atoms with van der Waals surface area (Å²) >= 11 is 9.98. The third-order valence-corrected chi connectivity index (χ3v) is 16.3. The van der Waals surface area contributed by atoms with Crippen LogP contribution in [0.1, 0.15) is 132 Å². The molecule has 0 aliphatic carbocycles. The highest BCUT2D eigenvalue weighted by atomic mass is 35.5. The number of rotatable bonds is 8. The van der Waals surface area contributed by atoms with Gasteiger partial charge in [0, 0.05) is 43.2 Å². The maximum Gasteiger partial charge on any atom is 0.135 e. The van der Waals surface area contributed by atoms with E-state index < -0.39 is 0 Å². The van der Waals surface area contributed by atoms with Gasteiger partial charge in [0.05, 0.1) is 27.8 Å². The molecule has 10 aromatic rings. The van der Waals surface area contributed by atoms with E-state index in [9.17, 15) is 0 Å². The van der Waals surface area contributed by atoms with Crippen molar-refractivity contribution in [3.05, 3.63) is 202 Å². The zero-order valence-electron chi connectivity index (χ0n) is 46.8. The zero-order chi connectivity index (χ0) is 53.6. The van der Waals surface area contributed by atoms with Crippen LogP contribution in [0.25, 0.3) is 54.3 Å². The van der Waals surface area contributed by atoms with Crippen LogP contribution in [0, 0.1) is 0 Å². The molecule has 0 fully saturated rings. The van der Waals surface area contributed by atoms with Gasteiger partial charge in [0.2, 0.25) is 0 Å². The summed E-state index contributed by atoms with van der Waals surface area (Å²) in [7, 11) is 0. The van der Waals surface area contributed by atoms with E-state index in [1.807, 2.05) is 6.07 Å². The van der Waals surface area contributed by atoms with Crippen LogP contribution in [0.4, 0.5) is 34.1 Å². The maximum absolute atomic E-state index is 8.21. The first kappa shape index (κ1) is 51.9. The summed E-state index contributed by atoms with van der Waals surface area (Å²) < 4.78 is 7.63. The number of halogens is 1.